The largest absolute Gasteiger partial charge is 0.271 e. The zero-order valence-corrected chi connectivity index (χ0v) is 12.4. The molecule has 104 valence electrons. The molecule has 4 unspecified atom stereocenters. The standard InChI is InChI=1S/C15H20Cl2N2/c16-12-4-3-11(14(17)8-12)7-15(19-18)13-6-9-1-2-10(13)5-9/h3-4,8-10,13,15,19H,1-2,5-7,18H2. The van der Waals surface area contributed by atoms with Gasteiger partial charge >= 0.3 is 0 Å². The van der Waals surface area contributed by atoms with E-state index in [-0.39, 0.29) is 0 Å². The highest BCUT2D eigenvalue weighted by Gasteiger charge is 2.42. The summed E-state index contributed by atoms with van der Waals surface area (Å²) in [6, 6.07) is 6.06. The number of hydrogen-bond acceptors (Lipinski definition) is 2. The first-order chi connectivity index (χ1) is 9.17. The van der Waals surface area contributed by atoms with E-state index in [4.69, 9.17) is 29.0 Å². The fraction of sp³-hybridized carbons (Fsp3) is 0.600. The quantitative estimate of drug-likeness (QED) is 0.655. The van der Waals surface area contributed by atoms with Crippen molar-refractivity contribution in [2.75, 3.05) is 0 Å². The van der Waals surface area contributed by atoms with Crippen LogP contribution in [0, 0.1) is 17.8 Å². The molecule has 0 heterocycles. The molecular weight excluding hydrogens is 279 g/mol. The first-order valence-corrected chi connectivity index (χ1v) is 7.83. The van der Waals surface area contributed by atoms with Crippen molar-refractivity contribution in [2.45, 2.75) is 38.1 Å². The third kappa shape index (κ3) is 2.78. The summed E-state index contributed by atoms with van der Waals surface area (Å²) in [5.74, 6) is 8.29. The number of nitrogens with two attached hydrogens (primary N) is 1. The molecule has 3 N–H and O–H groups in total. The number of hydrogen-bond donors (Lipinski definition) is 2. The minimum Gasteiger partial charge on any atom is -0.271 e. The Kier molecular flexibility index (Phi) is 4.04. The van der Waals surface area contributed by atoms with E-state index >= 15 is 0 Å². The SMILES string of the molecule is NNC(Cc1ccc(Cl)cc1Cl)C1CC2CCC1C2. The zero-order valence-electron chi connectivity index (χ0n) is 10.9. The zero-order chi connectivity index (χ0) is 13.4. The summed E-state index contributed by atoms with van der Waals surface area (Å²) in [6.07, 6.45) is 6.41. The van der Waals surface area contributed by atoms with E-state index in [1.807, 2.05) is 18.2 Å². The van der Waals surface area contributed by atoms with Crippen molar-refractivity contribution < 1.29 is 0 Å². The molecule has 2 bridgehead atoms. The minimum atomic E-state index is 0.328. The first-order valence-electron chi connectivity index (χ1n) is 7.07. The topological polar surface area (TPSA) is 38.0 Å². The number of benzene rings is 1. The Bertz CT molecular complexity index is 463. The molecule has 1 aromatic carbocycles. The fourth-order valence-electron chi connectivity index (χ4n) is 4.04. The van der Waals surface area contributed by atoms with Gasteiger partial charge in [0.1, 0.15) is 0 Å². The number of hydrazine groups is 1. The van der Waals surface area contributed by atoms with E-state index < -0.39 is 0 Å². The summed E-state index contributed by atoms with van der Waals surface area (Å²) >= 11 is 12.2. The van der Waals surface area contributed by atoms with Gasteiger partial charge in [0.2, 0.25) is 0 Å². The fourth-order valence-corrected chi connectivity index (χ4v) is 4.53. The Morgan fingerprint density at radius 2 is 2.11 bits per heavy atom. The number of halogens is 2. The van der Waals surface area contributed by atoms with E-state index in [1.165, 1.54) is 25.7 Å². The predicted molar refractivity (Wildman–Crippen MR) is 80.2 cm³/mol. The monoisotopic (exact) mass is 298 g/mol. The minimum absolute atomic E-state index is 0.328. The molecule has 2 aliphatic carbocycles. The van der Waals surface area contributed by atoms with Crippen molar-refractivity contribution in [3.8, 4) is 0 Å². The van der Waals surface area contributed by atoms with Crippen LogP contribution in [0.15, 0.2) is 18.2 Å². The molecule has 1 aromatic rings. The van der Waals surface area contributed by atoms with Crippen molar-refractivity contribution >= 4 is 23.2 Å². The summed E-state index contributed by atoms with van der Waals surface area (Å²) in [4.78, 5) is 0. The van der Waals surface area contributed by atoms with Crippen molar-refractivity contribution in [2.24, 2.45) is 23.6 Å². The molecule has 19 heavy (non-hydrogen) atoms. The van der Waals surface area contributed by atoms with Crippen LogP contribution in [-0.4, -0.2) is 6.04 Å². The molecule has 4 atom stereocenters. The summed E-state index contributed by atoms with van der Waals surface area (Å²) in [5.41, 5.74) is 4.16. The van der Waals surface area contributed by atoms with Crippen LogP contribution in [0.2, 0.25) is 10.0 Å². The smallest absolute Gasteiger partial charge is 0.0453 e. The van der Waals surface area contributed by atoms with E-state index in [0.717, 1.165) is 28.8 Å². The van der Waals surface area contributed by atoms with Crippen LogP contribution < -0.4 is 11.3 Å². The lowest BCUT2D eigenvalue weighted by Gasteiger charge is -2.30. The van der Waals surface area contributed by atoms with E-state index in [0.29, 0.717) is 17.0 Å². The Morgan fingerprint density at radius 3 is 2.68 bits per heavy atom. The van der Waals surface area contributed by atoms with Crippen LogP contribution in [0.4, 0.5) is 0 Å². The second-order valence-electron chi connectivity index (χ2n) is 6.05. The van der Waals surface area contributed by atoms with Gasteiger partial charge in [-0.1, -0.05) is 35.7 Å². The average Bonchev–Trinajstić information content (AvgIpc) is 3.00. The molecule has 0 aliphatic heterocycles. The molecular formula is C15H20Cl2N2. The van der Waals surface area contributed by atoms with Gasteiger partial charge in [-0.3, -0.25) is 11.3 Å². The summed E-state index contributed by atoms with van der Waals surface area (Å²) < 4.78 is 0. The highest BCUT2D eigenvalue weighted by Crippen LogP contribution is 2.49. The maximum absolute atomic E-state index is 6.26. The molecule has 0 amide bonds. The lowest BCUT2D eigenvalue weighted by molar-refractivity contribution is 0.248. The highest BCUT2D eigenvalue weighted by molar-refractivity contribution is 6.35. The lowest BCUT2D eigenvalue weighted by Crippen LogP contribution is -2.44. The van der Waals surface area contributed by atoms with Crippen LogP contribution in [-0.2, 0) is 6.42 Å². The average molecular weight is 299 g/mol. The van der Waals surface area contributed by atoms with Gasteiger partial charge in [0, 0.05) is 16.1 Å². The molecule has 4 heteroatoms. The van der Waals surface area contributed by atoms with Gasteiger partial charge in [0.05, 0.1) is 0 Å². The van der Waals surface area contributed by atoms with Gasteiger partial charge in [-0.05, 0) is 61.1 Å². The van der Waals surface area contributed by atoms with Gasteiger partial charge < -0.3 is 0 Å². The Labute approximate surface area is 124 Å². The maximum atomic E-state index is 6.26. The molecule has 2 saturated carbocycles. The summed E-state index contributed by atoms with van der Waals surface area (Å²) in [7, 11) is 0. The van der Waals surface area contributed by atoms with Crippen molar-refractivity contribution in [1.29, 1.82) is 0 Å². The Morgan fingerprint density at radius 1 is 1.26 bits per heavy atom. The molecule has 3 rings (SSSR count). The van der Waals surface area contributed by atoms with E-state index in [1.54, 1.807) is 0 Å². The van der Waals surface area contributed by atoms with Crippen LogP contribution in [0.5, 0.6) is 0 Å². The molecule has 0 spiro atoms. The third-order valence-corrected chi connectivity index (χ3v) is 5.57. The number of fused-ring (bicyclic) bond motifs is 2. The molecule has 0 aromatic heterocycles. The Balaban J connectivity index is 1.73. The van der Waals surface area contributed by atoms with Gasteiger partial charge in [-0.2, -0.15) is 0 Å². The third-order valence-electron chi connectivity index (χ3n) is 4.98. The summed E-state index contributed by atoms with van der Waals surface area (Å²) in [6.45, 7) is 0. The second-order valence-corrected chi connectivity index (χ2v) is 6.90. The second kappa shape index (κ2) is 5.61. The molecule has 2 aliphatic rings. The van der Waals surface area contributed by atoms with Gasteiger partial charge in [-0.25, -0.2) is 0 Å². The van der Waals surface area contributed by atoms with Gasteiger partial charge in [0.25, 0.3) is 0 Å². The summed E-state index contributed by atoms with van der Waals surface area (Å²) in [5, 5.41) is 1.43. The van der Waals surface area contributed by atoms with Crippen molar-refractivity contribution in [3.63, 3.8) is 0 Å². The van der Waals surface area contributed by atoms with Crippen LogP contribution >= 0.6 is 23.2 Å². The Hall–Kier alpha value is -0.280. The van der Waals surface area contributed by atoms with Gasteiger partial charge in [-0.15, -0.1) is 0 Å². The highest BCUT2D eigenvalue weighted by atomic mass is 35.5. The number of nitrogens with one attached hydrogen (secondary N) is 1. The molecule has 0 saturated heterocycles. The molecule has 0 radical (unpaired) electrons. The predicted octanol–water partition coefficient (Wildman–Crippen LogP) is 3.80. The van der Waals surface area contributed by atoms with Crippen LogP contribution in [0.1, 0.15) is 31.2 Å². The number of rotatable bonds is 4. The van der Waals surface area contributed by atoms with E-state index in [2.05, 4.69) is 5.43 Å². The first kappa shape index (κ1) is 13.7. The van der Waals surface area contributed by atoms with E-state index in [9.17, 15) is 0 Å². The van der Waals surface area contributed by atoms with Crippen LogP contribution in [0.3, 0.4) is 0 Å². The van der Waals surface area contributed by atoms with Crippen molar-refractivity contribution in [3.05, 3.63) is 33.8 Å². The van der Waals surface area contributed by atoms with Crippen LogP contribution in [0.25, 0.3) is 0 Å². The molecule has 2 fully saturated rings. The van der Waals surface area contributed by atoms with Crippen molar-refractivity contribution in [1.82, 2.24) is 5.43 Å². The molecule has 2 nitrogen and oxygen atoms in total. The lowest BCUT2D eigenvalue weighted by atomic mass is 9.81. The van der Waals surface area contributed by atoms with Gasteiger partial charge in [0.15, 0.2) is 0 Å². The maximum Gasteiger partial charge on any atom is 0.0453 e. The normalized spacial score (nSPS) is 30.8.